The van der Waals surface area contributed by atoms with E-state index in [2.05, 4.69) is 50.8 Å². The van der Waals surface area contributed by atoms with Crippen molar-refractivity contribution in [2.75, 3.05) is 29.9 Å². The van der Waals surface area contributed by atoms with Crippen molar-refractivity contribution < 1.29 is 0 Å². The monoisotopic (exact) mass is 383 g/mol. The van der Waals surface area contributed by atoms with Gasteiger partial charge in [0.15, 0.2) is 5.11 Å². The summed E-state index contributed by atoms with van der Waals surface area (Å²) in [7, 11) is 0. The van der Waals surface area contributed by atoms with Gasteiger partial charge >= 0.3 is 0 Å². The first-order chi connectivity index (χ1) is 13.2. The topological polar surface area (TPSA) is 53.1 Å². The Morgan fingerprint density at radius 2 is 1.81 bits per heavy atom. The highest BCUT2D eigenvalue weighted by Crippen LogP contribution is 2.19. The minimum atomic E-state index is 0.579. The largest absolute Gasteiger partial charge is 0.362 e. The predicted octanol–water partition coefficient (Wildman–Crippen LogP) is 4.08. The van der Waals surface area contributed by atoms with E-state index in [9.17, 15) is 0 Å². The van der Waals surface area contributed by atoms with Crippen LogP contribution >= 0.6 is 12.2 Å². The summed E-state index contributed by atoms with van der Waals surface area (Å²) in [4.78, 5) is 11.5. The molecule has 5 nitrogen and oxygen atoms in total. The van der Waals surface area contributed by atoms with Crippen molar-refractivity contribution in [1.29, 1.82) is 0 Å². The molecule has 0 radical (unpaired) electrons. The first-order valence-corrected chi connectivity index (χ1v) is 10.3. The minimum Gasteiger partial charge on any atom is -0.362 e. The number of aromatic nitrogens is 2. The molecule has 1 aliphatic heterocycles. The van der Waals surface area contributed by atoms with E-state index >= 15 is 0 Å². The molecule has 0 aliphatic carbocycles. The Kier molecular flexibility index (Phi) is 7.39. The highest BCUT2D eigenvalue weighted by molar-refractivity contribution is 7.80. The van der Waals surface area contributed by atoms with Gasteiger partial charge in [-0.15, -0.1) is 0 Å². The van der Waals surface area contributed by atoms with Crippen molar-refractivity contribution in [2.45, 2.75) is 45.4 Å². The van der Waals surface area contributed by atoms with Gasteiger partial charge in [-0.25, -0.2) is 4.98 Å². The van der Waals surface area contributed by atoms with Crippen LogP contribution in [0.1, 0.15) is 43.4 Å². The average Bonchev–Trinajstić information content (AvgIpc) is 2.95. The van der Waals surface area contributed by atoms with Crippen molar-refractivity contribution in [3.05, 3.63) is 47.7 Å². The smallest absolute Gasteiger partial charge is 0.231 e. The minimum absolute atomic E-state index is 0.579. The number of aryl methyl sites for hydroxylation is 2. The Labute approximate surface area is 167 Å². The average molecular weight is 384 g/mol. The van der Waals surface area contributed by atoms with E-state index in [4.69, 9.17) is 17.2 Å². The molecule has 1 aromatic heterocycles. The van der Waals surface area contributed by atoms with Crippen molar-refractivity contribution in [2.24, 2.45) is 0 Å². The number of nitrogens with one attached hydrogen (secondary N) is 2. The maximum absolute atomic E-state index is 5.41. The molecule has 6 heteroatoms. The first-order valence-electron chi connectivity index (χ1n) is 9.90. The van der Waals surface area contributed by atoms with E-state index in [0.717, 1.165) is 44.0 Å². The molecule has 0 spiro atoms. The third-order valence-corrected chi connectivity index (χ3v) is 5.01. The maximum Gasteiger partial charge on any atom is 0.231 e. The van der Waals surface area contributed by atoms with E-state index in [0.29, 0.717) is 11.1 Å². The highest BCUT2D eigenvalue weighted by atomic mass is 32.1. The van der Waals surface area contributed by atoms with Gasteiger partial charge in [-0.1, -0.05) is 43.2 Å². The van der Waals surface area contributed by atoms with Crippen LogP contribution in [0.5, 0.6) is 0 Å². The number of benzene rings is 1. The van der Waals surface area contributed by atoms with Gasteiger partial charge in [-0.3, -0.25) is 0 Å². The summed E-state index contributed by atoms with van der Waals surface area (Å²) < 4.78 is 0. The van der Waals surface area contributed by atoms with E-state index < -0.39 is 0 Å². The quantitative estimate of drug-likeness (QED) is 0.579. The fraction of sp³-hybridized carbons (Fsp3) is 0.476. The predicted molar refractivity (Wildman–Crippen MR) is 116 cm³/mol. The second kappa shape index (κ2) is 10.2. The molecule has 2 N–H and O–H groups in total. The molecule has 2 heterocycles. The lowest BCUT2D eigenvalue weighted by molar-refractivity contribution is 0.726. The molecule has 2 aromatic rings. The fourth-order valence-electron chi connectivity index (χ4n) is 3.35. The highest BCUT2D eigenvalue weighted by Gasteiger charge is 2.13. The summed E-state index contributed by atoms with van der Waals surface area (Å²) in [5.41, 5.74) is 2.31. The maximum atomic E-state index is 5.41. The molecule has 3 rings (SSSR count). The van der Waals surface area contributed by atoms with Crippen molar-refractivity contribution >= 4 is 29.1 Å². The van der Waals surface area contributed by atoms with Crippen LogP contribution in [-0.4, -0.2) is 34.7 Å². The van der Waals surface area contributed by atoms with Gasteiger partial charge in [-0.05, 0) is 50.4 Å². The van der Waals surface area contributed by atoms with Gasteiger partial charge in [-0.2, -0.15) is 4.98 Å². The molecule has 27 heavy (non-hydrogen) atoms. The summed E-state index contributed by atoms with van der Waals surface area (Å²) in [6.45, 7) is 4.96. The van der Waals surface area contributed by atoms with Gasteiger partial charge in [0.05, 0.1) is 0 Å². The van der Waals surface area contributed by atoms with Crippen molar-refractivity contribution in [1.82, 2.24) is 15.3 Å². The molecule has 0 unspecified atom stereocenters. The third-order valence-electron chi connectivity index (χ3n) is 4.77. The molecule has 0 saturated carbocycles. The number of thiocarbonyl (C=S) groups is 1. The van der Waals surface area contributed by atoms with Crippen LogP contribution in [-0.2, 0) is 6.42 Å². The van der Waals surface area contributed by atoms with Crippen LogP contribution in [0.25, 0.3) is 0 Å². The van der Waals surface area contributed by atoms with Crippen LogP contribution in [0.2, 0.25) is 0 Å². The zero-order chi connectivity index (χ0) is 18.9. The zero-order valence-corrected chi connectivity index (χ0v) is 16.9. The Morgan fingerprint density at radius 1 is 1.07 bits per heavy atom. The standard InChI is InChI=1S/C21H29N5S/c1-17-16-19(26-14-7-2-3-8-15-26)24-20(23-17)25-21(27)22-13-9-12-18-10-5-4-6-11-18/h4-6,10-11,16H,2-3,7-9,12-15H2,1H3,(H2,22,23,24,25,27). The Morgan fingerprint density at radius 3 is 2.56 bits per heavy atom. The fourth-order valence-corrected chi connectivity index (χ4v) is 3.55. The summed E-state index contributed by atoms with van der Waals surface area (Å²) in [5.74, 6) is 1.58. The van der Waals surface area contributed by atoms with Gasteiger partial charge in [0, 0.05) is 31.4 Å². The molecule has 1 fully saturated rings. The van der Waals surface area contributed by atoms with Crippen LogP contribution in [0.15, 0.2) is 36.4 Å². The van der Waals surface area contributed by atoms with E-state index in [1.165, 1.54) is 31.2 Å². The van der Waals surface area contributed by atoms with Crippen LogP contribution in [0, 0.1) is 6.92 Å². The van der Waals surface area contributed by atoms with Crippen LogP contribution in [0.4, 0.5) is 11.8 Å². The number of anilines is 2. The molecular weight excluding hydrogens is 354 g/mol. The molecule has 1 aromatic carbocycles. The van der Waals surface area contributed by atoms with Crippen molar-refractivity contribution in [3.63, 3.8) is 0 Å². The number of nitrogens with zero attached hydrogens (tertiary/aromatic N) is 3. The molecule has 144 valence electrons. The number of rotatable bonds is 6. The summed E-state index contributed by atoms with van der Waals surface area (Å²) in [6, 6.07) is 12.6. The summed E-state index contributed by atoms with van der Waals surface area (Å²) in [5, 5.41) is 6.98. The Bertz CT molecular complexity index is 727. The molecule has 0 amide bonds. The second-order valence-corrected chi connectivity index (χ2v) is 7.47. The van der Waals surface area contributed by atoms with Crippen molar-refractivity contribution in [3.8, 4) is 0 Å². The van der Waals surface area contributed by atoms with Gasteiger partial charge in [0.2, 0.25) is 5.95 Å². The first kappa shape index (κ1) is 19.5. The molecule has 0 bridgehead atoms. The van der Waals surface area contributed by atoms with Gasteiger partial charge in [0.25, 0.3) is 0 Å². The lowest BCUT2D eigenvalue weighted by Gasteiger charge is -2.22. The third kappa shape index (κ3) is 6.47. The van der Waals surface area contributed by atoms with Crippen LogP contribution < -0.4 is 15.5 Å². The van der Waals surface area contributed by atoms with Gasteiger partial charge in [0.1, 0.15) is 5.82 Å². The molecule has 0 atom stereocenters. The lowest BCUT2D eigenvalue weighted by Crippen LogP contribution is -2.31. The molecule has 1 aliphatic rings. The van der Waals surface area contributed by atoms with E-state index in [1.54, 1.807) is 0 Å². The van der Waals surface area contributed by atoms with E-state index in [-0.39, 0.29) is 0 Å². The molecule has 1 saturated heterocycles. The molecular formula is C21H29N5S. The van der Waals surface area contributed by atoms with Crippen LogP contribution in [0.3, 0.4) is 0 Å². The number of hydrogen-bond acceptors (Lipinski definition) is 4. The van der Waals surface area contributed by atoms with Gasteiger partial charge < -0.3 is 15.5 Å². The van der Waals surface area contributed by atoms with E-state index in [1.807, 2.05) is 13.0 Å². The SMILES string of the molecule is Cc1cc(N2CCCCCC2)nc(NC(=S)NCCCc2ccccc2)n1. The summed E-state index contributed by atoms with van der Waals surface area (Å²) in [6.07, 6.45) is 7.14. The Balaban J connectivity index is 1.49. The normalized spacial score (nSPS) is 14.5. The Hall–Kier alpha value is -2.21. The lowest BCUT2D eigenvalue weighted by atomic mass is 10.1. The summed E-state index contributed by atoms with van der Waals surface area (Å²) >= 11 is 5.41. The second-order valence-electron chi connectivity index (χ2n) is 7.06. The number of hydrogen-bond donors (Lipinski definition) is 2. The zero-order valence-electron chi connectivity index (χ0n) is 16.1.